The molecule has 17 heavy (non-hydrogen) atoms. The number of aliphatic hydroxyl groups excluding tert-OH is 1. The van der Waals surface area contributed by atoms with Crippen LogP contribution >= 0.6 is 0 Å². The van der Waals surface area contributed by atoms with E-state index >= 15 is 0 Å². The van der Waals surface area contributed by atoms with Gasteiger partial charge in [-0.3, -0.25) is 0 Å². The predicted octanol–water partition coefficient (Wildman–Crippen LogP) is -1.57. The van der Waals surface area contributed by atoms with Crippen LogP contribution in [0.15, 0.2) is 16.5 Å². The zero-order valence-corrected chi connectivity index (χ0v) is 9.52. The van der Waals surface area contributed by atoms with E-state index in [-0.39, 0.29) is 18.9 Å². The summed E-state index contributed by atoms with van der Waals surface area (Å²) in [6.07, 6.45) is 1.77. The molecule has 0 amide bonds. The minimum absolute atomic E-state index is 0.00514. The van der Waals surface area contributed by atoms with Crippen LogP contribution in [0.25, 0.3) is 0 Å². The Bertz CT molecular complexity index is 381. The van der Waals surface area contributed by atoms with E-state index in [9.17, 15) is 0 Å². The molecule has 5 N–H and O–H groups in total. The van der Waals surface area contributed by atoms with Crippen molar-refractivity contribution in [3.8, 4) is 0 Å². The Labute approximate surface area is 99.3 Å². The summed E-state index contributed by atoms with van der Waals surface area (Å²) < 4.78 is 5.76. The van der Waals surface area contributed by atoms with Crippen LogP contribution in [0.2, 0.25) is 0 Å². The molecule has 7 nitrogen and oxygen atoms in total. The van der Waals surface area contributed by atoms with E-state index in [1.54, 1.807) is 0 Å². The lowest BCUT2D eigenvalue weighted by Crippen LogP contribution is -2.40. The molecule has 1 unspecified atom stereocenters. The van der Waals surface area contributed by atoms with Crippen molar-refractivity contribution in [3.63, 3.8) is 0 Å². The normalized spacial score (nSPS) is 32.1. The SMILES string of the molecule is NC1=NCNC2=C1NCN2[C@H]1CCC(CO)O1. The van der Waals surface area contributed by atoms with E-state index in [1.807, 2.05) is 0 Å². The number of nitrogens with two attached hydrogens (primary N) is 1. The van der Waals surface area contributed by atoms with E-state index in [2.05, 4.69) is 20.5 Å². The van der Waals surface area contributed by atoms with Gasteiger partial charge in [-0.1, -0.05) is 0 Å². The molecule has 1 saturated heterocycles. The molecule has 0 saturated carbocycles. The van der Waals surface area contributed by atoms with Gasteiger partial charge in [0.2, 0.25) is 0 Å². The van der Waals surface area contributed by atoms with Gasteiger partial charge in [-0.25, -0.2) is 4.99 Å². The van der Waals surface area contributed by atoms with Crippen molar-refractivity contribution >= 4 is 5.84 Å². The highest BCUT2D eigenvalue weighted by atomic mass is 16.5. The molecule has 0 aromatic carbocycles. The van der Waals surface area contributed by atoms with E-state index in [0.717, 1.165) is 24.4 Å². The maximum Gasteiger partial charge on any atom is 0.147 e. The van der Waals surface area contributed by atoms with Crippen LogP contribution in [0.3, 0.4) is 0 Å². The molecule has 1 fully saturated rings. The standard InChI is InChI=1S/C10H17N5O2/c11-9-8-10(13-4-12-9)15(5-14-8)7-2-1-6(3-16)17-7/h6-7,13-14,16H,1-5H2,(H2,11,12)/t6?,7-/m1/s1. The average Bonchev–Trinajstić information content (AvgIpc) is 2.94. The zero-order chi connectivity index (χ0) is 11.8. The number of ether oxygens (including phenoxy) is 1. The summed E-state index contributed by atoms with van der Waals surface area (Å²) in [6, 6.07) is 0. The first-order valence-electron chi connectivity index (χ1n) is 5.85. The number of aliphatic imine (C=N–C) groups is 1. The largest absolute Gasteiger partial charge is 0.394 e. The Morgan fingerprint density at radius 1 is 1.47 bits per heavy atom. The summed E-state index contributed by atoms with van der Waals surface area (Å²) in [7, 11) is 0. The summed E-state index contributed by atoms with van der Waals surface area (Å²) in [5.74, 6) is 1.50. The average molecular weight is 239 g/mol. The van der Waals surface area contributed by atoms with E-state index < -0.39 is 0 Å². The number of amidine groups is 1. The first-order valence-corrected chi connectivity index (χ1v) is 5.85. The molecule has 0 aromatic rings. The summed E-state index contributed by atoms with van der Waals surface area (Å²) >= 11 is 0. The molecule has 3 aliphatic rings. The maximum atomic E-state index is 9.08. The molecule has 0 spiro atoms. The zero-order valence-electron chi connectivity index (χ0n) is 9.52. The highest BCUT2D eigenvalue weighted by Gasteiger charge is 2.36. The molecular formula is C10H17N5O2. The van der Waals surface area contributed by atoms with Crippen molar-refractivity contribution in [3.05, 3.63) is 11.5 Å². The van der Waals surface area contributed by atoms with Gasteiger partial charge in [0.1, 0.15) is 30.3 Å². The van der Waals surface area contributed by atoms with Crippen LogP contribution < -0.4 is 16.4 Å². The summed E-state index contributed by atoms with van der Waals surface area (Å²) in [6.45, 7) is 1.25. The molecule has 3 aliphatic heterocycles. The van der Waals surface area contributed by atoms with Crippen LogP contribution in [-0.4, -0.2) is 48.1 Å². The number of hydrogen-bond donors (Lipinski definition) is 4. The molecule has 0 aromatic heterocycles. The van der Waals surface area contributed by atoms with Crippen molar-refractivity contribution in [1.82, 2.24) is 15.5 Å². The van der Waals surface area contributed by atoms with Gasteiger partial charge in [0.05, 0.1) is 19.4 Å². The van der Waals surface area contributed by atoms with E-state index in [0.29, 0.717) is 19.2 Å². The van der Waals surface area contributed by atoms with Crippen LogP contribution in [0.1, 0.15) is 12.8 Å². The maximum absolute atomic E-state index is 9.08. The summed E-state index contributed by atoms with van der Waals surface area (Å²) in [5, 5.41) is 15.5. The third-order valence-corrected chi connectivity index (χ3v) is 3.34. The second kappa shape index (κ2) is 4.08. The van der Waals surface area contributed by atoms with Crippen molar-refractivity contribution in [2.45, 2.75) is 25.2 Å². The predicted molar refractivity (Wildman–Crippen MR) is 61.5 cm³/mol. The van der Waals surface area contributed by atoms with Crippen LogP contribution in [0.4, 0.5) is 0 Å². The van der Waals surface area contributed by atoms with Gasteiger partial charge in [0.15, 0.2) is 0 Å². The van der Waals surface area contributed by atoms with Crippen molar-refractivity contribution in [2.24, 2.45) is 10.7 Å². The van der Waals surface area contributed by atoms with Gasteiger partial charge >= 0.3 is 0 Å². The van der Waals surface area contributed by atoms with Gasteiger partial charge < -0.3 is 31.1 Å². The molecule has 2 atom stereocenters. The molecule has 0 radical (unpaired) electrons. The van der Waals surface area contributed by atoms with Crippen LogP contribution in [-0.2, 0) is 4.74 Å². The fourth-order valence-electron chi connectivity index (χ4n) is 2.45. The van der Waals surface area contributed by atoms with Crippen LogP contribution in [0.5, 0.6) is 0 Å². The third-order valence-electron chi connectivity index (χ3n) is 3.34. The minimum atomic E-state index is -0.0424. The van der Waals surface area contributed by atoms with Crippen molar-refractivity contribution in [1.29, 1.82) is 0 Å². The molecule has 3 rings (SSSR count). The van der Waals surface area contributed by atoms with E-state index in [4.69, 9.17) is 15.6 Å². The molecule has 0 bridgehead atoms. The number of hydrogen-bond acceptors (Lipinski definition) is 7. The topological polar surface area (TPSA) is 95.1 Å². The van der Waals surface area contributed by atoms with Gasteiger partial charge in [-0.05, 0) is 12.8 Å². The quantitative estimate of drug-likeness (QED) is 0.465. The number of aliphatic hydroxyl groups is 1. The molecular weight excluding hydrogens is 222 g/mol. The fraction of sp³-hybridized carbons (Fsp3) is 0.700. The lowest BCUT2D eigenvalue weighted by molar-refractivity contribution is -0.0547. The third kappa shape index (κ3) is 1.71. The highest BCUT2D eigenvalue weighted by Crippen LogP contribution is 2.27. The van der Waals surface area contributed by atoms with Gasteiger partial charge in [-0.15, -0.1) is 0 Å². The Morgan fingerprint density at radius 3 is 3.12 bits per heavy atom. The van der Waals surface area contributed by atoms with Crippen LogP contribution in [0, 0.1) is 0 Å². The van der Waals surface area contributed by atoms with E-state index in [1.165, 1.54) is 0 Å². The lowest BCUT2D eigenvalue weighted by Gasteiger charge is -2.28. The fourth-order valence-corrected chi connectivity index (χ4v) is 2.45. The van der Waals surface area contributed by atoms with Gasteiger partial charge in [0.25, 0.3) is 0 Å². The Balaban J connectivity index is 1.76. The Hall–Kier alpha value is -1.47. The lowest BCUT2D eigenvalue weighted by atomic mass is 10.2. The summed E-state index contributed by atoms with van der Waals surface area (Å²) in [5.41, 5.74) is 6.67. The van der Waals surface area contributed by atoms with Gasteiger partial charge in [-0.2, -0.15) is 0 Å². The number of nitrogens with zero attached hydrogens (tertiary/aromatic N) is 2. The highest BCUT2D eigenvalue weighted by molar-refractivity contribution is 5.97. The first kappa shape index (κ1) is 10.7. The number of nitrogens with one attached hydrogen (secondary N) is 2. The Kier molecular flexibility index (Phi) is 2.56. The Morgan fingerprint density at radius 2 is 2.35 bits per heavy atom. The molecule has 7 heteroatoms. The second-order valence-corrected chi connectivity index (χ2v) is 4.38. The monoisotopic (exact) mass is 239 g/mol. The van der Waals surface area contributed by atoms with Gasteiger partial charge in [0, 0.05) is 0 Å². The minimum Gasteiger partial charge on any atom is -0.394 e. The smallest absolute Gasteiger partial charge is 0.147 e. The first-order chi connectivity index (χ1) is 8.29. The molecule has 0 aliphatic carbocycles. The second-order valence-electron chi connectivity index (χ2n) is 4.38. The number of rotatable bonds is 2. The molecule has 94 valence electrons. The van der Waals surface area contributed by atoms with Crippen molar-refractivity contribution < 1.29 is 9.84 Å². The molecule has 3 heterocycles. The van der Waals surface area contributed by atoms with Crippen molar-refractivity contribution in [2.75, 3.05) is 19.9 Å². The summed E-state index contributed by atoms with van der Waals surface area (Å²) in [4.78, 5) is 6.22.